The molecule has 112 valence electrons. The van der Waals surface area contributed by atoms with Crippen molar-refractivity contribution in [2.75, 3.05) is 18.2 Å². The van der Waals surface area contributed by atoms with E-state index in [1.165, 1.54) is 25.7 Å². The first-order valence-electron chi connectivity index (χ1n) is 7.11. The van der Waals surface area contributed by atoms with Crippen LogP contribution in [0, 0.1) is 0 Å². The van der Waals surface area contributed by atoms with Crippen molar-refractivity contribution in [1.82, 2.24) is 9.97 Å². The van der Waals surface area contributed by atoms with Crippen molar-refractivity contribution in [3.63, 3.8) is 0 Å². The predicted molar refractivity (Wildman–Crippen MR) is 85.6 cm³/mol. The molecule has 1 fully saturated rings. The number of nitrogens with zero attached hydrogens (tertiary/aromatic N) is 2. The molecular weight excluding hydrogens is 294 g/mol. The molecule has 1 saturated carbocycles. The smallest absolute Gasteiger partial charge is 0.158 e. The highest BCUT2D eigenvalue weighted by molar-refractivity contribution is 7.99. The number of anilines is 1. The number of nitrogens with one attached hydrogen (secondary N) is 1. The van der Waals surface area contributed by atoms with Crippen molar-refractivity contribution in [3.8, 4) is 0 Å². The van der Waals surface area contributed by atoms with Crippen LogP contribution in [0.15, 0.2) is 6.07 Å². The van der Waals surface area contributed by atoms with Gasteiger partial charge in [-0.25, -0.2) is 9.97 Å². The topological polar surface area (TPSA) is 47.0 Å². The van der Waals surface area contributed by atoms with Gasteiger partial charge in [0.15, 0.2) is 5.82 Å². The second kappa shape index (κ2) is 8.05. The minimum absolute atomic E-state index is 0.407. The Morgan fingerprint density at radius 1 is 1.45 bits per heavy atom. The Kier molecular flexibility index (Phi) is 6.39. The maximum atomic E-state index is 6.05. The molecule has 2 atom stereocenters. The number of rotatable bonds is 6. The predicted octanol–water partition coefficient (Wildman–Crippen LogP) is 3.75. The van der Waals surface area contributed by atoms with E-state index < -0.39 is 0 Å². The molecule has 4 nitrogen and oxygen atoms in total. The number of hydrogen-bond donors (Lipinski definition) is 1. The van der Waals surface area contributed by atoms with E-state index in [0.717, 1.165) is 11.1 Å². The number of ether oxygens (including phenoxy) is 1. The minimum atomic E-state index is 0.407. The fourth-order valence-electron chi connectivity index (χ4n) is 2.50. The Morgan fingerprint density at radius 2 is 2.30 bits per heavy atom. The van der Waals surface area contributed by atoms with Crippen LogP contribution in [0.5, 0.6) is 0 Å². The van der Waals surface area contributed by atoms with Crippen LogP contribution < -0.4 is 5.32 Å². The van der Waals surface area contributed by atoms with Gasteiger partial charge < -0.3 is 10.1 Å². The lowest BCUT2D eigenvalue weighted by Gasteiger charge is -2.29. The first-order valence-corrected chi connectivity index (χ1v) is 8.78. The maximum Gasteiger partial charge on any atom is 0.158 e. The molecule has 0 spiro atoms. The maximum absolute atomic E-state index is 6.05. The van der Waals surface area contributed by atoms with E-state index in [4.69, 9.17) is 16.3 Å². The Labute approximate surface area is 130 Å². The molecule has 0 amide bonds. The monoisotopic (exact) mass is 315 g/mol. The summed E-state index contributed by atoms with van der Waals surface area (Å²) >= 11 is 8.01. The molecule has 1 aliphatic carbocycles. The highest BCUT2D eigenvalue weighted by atomic mass is 35.5. The van der Waals surface area contributed by atoms with Gasteiger partial charge in [-0.15, -0.1) is 0 Å². The first-order chi connectivity index (χ1) is 9.71. The molecule has 1 aliphatic rings. The summed E-state index contributed by atoms with van der Waals surface area (Å²) in [4.78, 5) is 8.66. The normalized spacial score (nSPS) is 22.8. The summed E-state index contributed by atoms with van der Waals surface area (Å²) < 4.78 is 5.34. The van der Waals surface area contributed by atoms with Crippen molar-refractivity contribution in [2.24, 2.45) is 0 Å². The summed E-state index contributed by atoms with van der Waals surface area (Å²) in [5.41, 5.74) is 0. The molecule has 2 rings (SSSR count). The zero-order valence-electron chi connectivity index (χ0n) is 12.1. The molecule has 6 heteroatoms. The van der Waals surface area contributed by atoms with Crippen LogP contribution in [0.1, 0.15) is 38.4 Å². The lowest BCUT2D eigenvalue weighted by molar-refractivity contribution is 0.128. The molecule has 1 aromatic heterocycles. The van der Waals surface area contributed by atoms with Gasteiger partial charge in [0, 0.05) is 24.0 Å². The van der Waals surface area contributed by atoms with E-state index in [2.05, 4.69) is 21.5 Å². The van der Waals surface area contributed by atoms with Crippen molar-refractivity contribution in [3.05, 3.63) is 17.0 Å². The second-order valence-electron chi connectivity index (χ2n) is 4.99. The SMILES string of the molecule is CCOCc1nc(Cl)cc(NC2CCCC(SC)C2)n1. The lowest BCUT2D eigenvalue weighted by Crippen LogP contribution is -2.29. The minimum Gasteiger partial charge on any atom is -0.374 e. The number of thioether (sulfide) groups is 1. The fourth-order valence-corrected chi connectivity index (χ4v) is 3.52. The quantitative estimate of drug-likeness (QED) is 0.810. The molecule has 0 bridgehead atoms. The van der Waals surface area contributed by atoms with Gasteiger partial charge in [0.25, 0.3) is 0 Å². The average Bonchev–Trinajstić information content (AvgIpc) is 2.44. The molecule has 20 heavy (non-hydrogen) atoms. The van der Waals surface area contributed by atoms with Gasteiger partial charge in [0.1, 0.15) is 17.6 Å². The van der Waals surface area contributed by atoms with E-state index >= 15 is 0 Å². The Hall–Kier alpha value is -0.520. The van der Waals surface area contributed by atoms with Crippen LogP contribution in [0.3, 0.4) is 0 Å². The van der Waals surface area contributed by atoms with E-state index in [0.29, 0.717) is 30.2 Å². The van der Waals surface area contributed by atoms with Gasteiger partial charge in [-0.3, -0.25) is 0 Å². The van der Waals surface area contributed by atoms with Crippen molar-refractivity contribution in [1.29, 1.82) is 0 Å². The summed E-state index contributed by atoms with van der Waals surface area (Å²) in [6.45, 7) is 3.01. The van der Waals surface area contributed by atoms with Crippen molar-refractivity contribution < 1.29 is 4.74 Å². The standard InChI is InChI=1S/C14H22ClN3OS/c1-3-19-9-14-17-12(15)8-13(18-14)16-10-5-4-6-11(7-10)20-2/h8,10-11H,3-7,9H2,1-2H3,(H,16,17,18). The average molecular weight is 316 g/mol. The van der Waals surface area contributed by atoms with Gasteiger partial charge in [-0.2, -0.15) is 11.8 Å². The molecule has 1 N–H and O–H groups in total. The van der Waals surface area contributed by atoms with Crippen LogP contribution in [0.2, 0.25) is 5.15 Å². The van der Waals surface area contributed by atoms with E-state index in [1.54, 1.807) is 6.07 Å². The molecule has 1 heterocycles. The summed E-state index contributed by atoms with van der Waals surface area (Å²) in [7, 11) is 0. The van der Waals surface area contributed by atoms with E-state index in [1.807, 2.05) is 18.7 Å². The molecule has 2 unspecified atom stereocenters. The fraction of sp³-hybridized carbons (Fsp3) is 0.714. The molecule has 0 aromatic carbocycles. The van der Waals surface area contributed by atoms with E-state index in [-0.39, 0.29) is 0 Å². The number of aromatic nitrogens is 2. The molecule has 0 radical (unpaired) electrons. The Morgan fingerprint density at radius 3 is 3.05 bits per heavy atom. The molecular formula is C14H22ClN3OS. The summed E-state index contributed by atoms with van der Waals surface area (Å²) in [5.74, 6) is 1.45. The van der Waals surface area contributed by atoms with Crippen LogP contribution in [-0.4, -0.2) is 34.1 Å². The highest BCUT2D eigenvalue weighted by Gasteiger charge is 2.21. The zero-order chi connectivity index (χ0) is 14.4. The molecule has 0 saturated heterocycles. The van der Waals surface area contributed by atoms with Gasteiger partial charge in [0.2, 0.25) is 0 Å². The van der Waals surface area contributed by atoms with Crippen LogP contribution in [0.25, 0.3) is 0 Å². The summed E-state index contributed by atoms with van der Waals surface area (Å²) in [5, 5.41) is 4.72. The van der Waals surface area contributed by atoms with Crippen LogP contribution >= 0.6 is 23.4 Å². The third-order valence-electron chi connectivity index (χ3n) is 3.49. The van der Waals surface area contributed by atoms with E-state index in [9.17, 15) is 0 Å². The summed E-state index contributed by atoms with van der Waals surface area (Å²) in [6, 6.07) is 2.27. The first kappa shape index (κ1) is 15.9. The Balaban J connectivity index is 1.99. The highest BCUT2D eigenvalue weighted by Crippen LogP contribution is 2.28. The third-order valence-corrected chi connectivity index (χ3v) is 4.78. The van der Waals surface area contributed by atoms with Gasteiger partial charge in [-0.05, 0) is 32.4 Å². The largest absolute Gasteiger partial charge is 0.374 e. The molecule has 0 aliphatic heterocycles. The Bertz CT molecular complexity index is 433. The van der Waals surface area contributed by atoms with Gasteiger partial charge in [-0.1, -0.05) is 18.0 Å². The second-order valence-corrected chi connectivity index (χ2v) is 6.52. The third kappa shape index (κ3) is 4.79. The van der Waals surface area contributed by atoms with Gasteiger partial charge in [0.05, 0.1) is 0 Å². The zero-order valence-corrected chi connectivity index (χ0v) is 13.6. The number of halogens is 1. The van der Waals surface area contributed by atoms with Crippen molar-refractivity contribution >= 4 is 29.2 Å². The number of hydrogen-bond acceptors (Lipinski definition) is 5. The van der Waals surface area contributed by atoms with Crippen LogP contribution in [-0.2, 0) is 11.3 Å². The molecule has 1 aromatic rings. The van der Waals surface area contributed by atoms with Crippen LogP contribution in [0.4, 0.5) is 5.82 Å². The van der Waals surface area contributed by atoms with Crippen molar-refractivity contribution in [2.45, 2.75) is 50.5 Å². The van der Waals surface area contributed by atoms with Gasteiger partial charge >= 0.3 is 0 Å². The summed E-state index contributed by atoms with van der Waals surface area (Å²) in [6.07, 6.45) is 7.16. The lowest BCUT2D eigenvalue weighted by atomic mass is 9.95.